The maximum absolute atomic E-state index is 13.1. The van der Waals surface area contributed by atoms with Crippen molar-refractivity contribution in [2.75, 3.05) is 20.1 Å². The number of carbonyl (C=O) groups is 1. The van der Waals surface area contributed by atoms with Crippen LogP contribution in [0.3, 0.4) is 0 Å². The smallest absolute Gasteiger partial charge is 0.275 e. The van der Waals surface area contributed by atoms with E-state index in [0.29, 0.717) is 17.8 Å². The summed E-state index contributed by atoms with van der Waals surface area (Å²) >= 11 is 1.73. The Balaban J connectivity index is 1.52. The van der Waals surface area contributed by atoms with Crippen molar-refractivity contribution in [3.05, 3.63) is 40.9 Å². The SMILES string of the molecule is Cc1csc(-c2ccc3[nH]nc(C(=O)N4CC5CC4CN5C)c3c2)c1. The van der Waals surface area contributed by atoms with Crippen molar-refractivity contribution in [3.8, 4) is 10.4 Å². The predicted octanol–water partition coefficient (Wildman–Crippen LogP) is 3.13. The van der Waals surface area contributed by atoms with Gasteiger partial charge in [-0.25, -0.2) is 0 Å². The molecule has 3 aromatic rings. The Bertz CT molecular complexity index is 973. The number of aryl methyl sites for hydroxylation is 1. The number of amides is 1. The summed E-state index contributed by atoms with van der Waals surface area (Å²) in [6.45, 7) is 3.89. The van der Waals surface area contributed by atoms with Gasteiger partial charge < -0.3 is 4.90 Å². The molecule has 0 spiro atoms. The number of fused-ring (bicyclic) bond motifs is 3. The summed E-state index contributed by atoms with van der Waals surface area (Å²) < 4.78 is 0. The summed E-state index contributed by atoms with van der Waals surface area (Å²) in [5, 5.41) is 10.5. The van der Waals surface area contributed by atoms with Gasteiger partial charge in [-0.1, -0.05) is 6.07 Å². The number of carbonyl (C=O) groups excluding carboxylic acids is 1. The standard InChI is InChI=1S/C19H20N4OS/c1-11-5-17(25-10-11)12-3-4-16-15(6-12)18(21-20-16)19(24)23-9-13-7-14(23)8-22(13)2/h3-6,10,13-14H,7-9H2,1-2H3,(H,20,21). The zero-order valence-electron chi connectivity index (χ0n) is 14.3. The van der Waals surface area contributed by atoms with Gasteiger partial charge >= 0.3 is 0 Å². The Morgan fingerprint density at radius 1 is 1.28 bits per heavy atom. The summed E-state index contributed by atoms with van der Waals surface area (Å²) in [6, 6.07) is 9.22. The molecule has 0 radical (unpaired) electrons. The second kappa shape index (κ2) is 5.41. The Labute approximate surface area is 150 Å². The van der Waals surface area contributed by atoms with Crippen molar-refractivity contribution in [2.24, 2.45) is 0 Å². The third kappa shape index (κ3) is 2.32. The molecule has 1 N–H and O–H groups in total. The van der Waals surface area contributed by atoms with Crippen LogP contribution in [0, 0.1) is 6.92 Å². The fourth-order valence-corrected chi connectivity index (χ4v) is 5.06. The second-order valence-corrected chi connectivity index (χ2v) is 8.17. The highest BCUT2D eigenvalue weighted by molar-refractivity contribution is 7.13. The van der Waals surface area contributed by atoms with Gasteiger partial charge in [0.25, 0.3) is 5.91 Å². The first-order chi connectivity index (χ1) is 12.1. The van der Waals surface area contributed by atoms with E-state index in [0.717, 1.165) is 36.0 Å². The van der Waals surface area contributed by atoms with E-state index in [-0.39, 0.29) is 5.91 Å². The van der Waals surface area contributed by atoms with E-state index in [1.807, 2.05) is 11.0 Å². The van der Waals surface area contributed by atoms with Crippen LogP contribution in [0.5, 0.6) is 0 Å². The lowest BCUT2D eigenvalue weighted by Crippen LogP contribution is -2.47. The molecule has 2 aliphatic heterocycles. The van der Waals surface area contributed by atoms with Crippen molar-refractivity contribution in [2.45, 2.75) is 25.4 Å². The molecule has 4 heterocycles. The third-order valence-corrected chi connectivity index (χ3v) is 6.65. The number of hydrogen-bond donors (Lipinski definition) is 1. The van der Waals surface area contributed by atoms with E-state index in [2.05, 4.69) is 52.6 Å². The lowest BCUT2D eigenvalue weighted by Gasteiger charge is -2.31. The number of likely N-dealkylation sites (N-methyl/N-ethyl adjacent to an activating group) is 1. The van der Waals surface area contributed by atoms with Crippen molar-refractivity contribution >= 4 is 28.1 Å². The van der Waals surface area contributed by atoms with Gasteiger partial charge in [-0.2, -0.15) is 5.10 Å². The number of nitrogens with one attached hydrogen (secondary N) is 1. The fourth-order valence-electron chi connectivity index (χ4n) is 4.16. The molecule has 0 aliphatic carbocycles. The largest absolute Gasteiger partial charge is 0.331 e. The number of aromatic amines is 1. The Morgan fingerprint density at radius 3 is 2.84 bits per heavy atom. The molecular formula is C19H20N4OS. The van der Waals surface area contributed by atoms with E-state index < -0.39 is 0 Å². The summed E-state index contributed by atoms with van der Waals surface area (Å²) in [5.41, 5.74) is 3.88. The van der Waals surface area contributed by atoms with Gasteiger partial charge in [0.1, 0.15) is 0 Å². The number of aromatic nitrogens is 2. The van der Waals surface area contributed by atoms with Crippen molar-refractivity contribution in [1.29, 1.82) is 0 Å². The summed E-state index contributed by atoms with van der Waals surface area (Å²) in [6.07, 6.45) is 1.09. The number of H-pyrrole nitrogens is 1. The highest BCUT2D eigenvalue weighted by Gasteiger charge is 2.44. The molecule has 0 saturated carbocycles. The molecule has 2 bridgehead atoms. The van der Waals surface area contributed by atoms with Crippen LogP contribution in [-0.4, -0.2) is 58.1 Å². The number of thiophene rings is 1. The maximum atomic E-state index is 13.1. The molecule has 5 nitrogen and oxygen atoms in total. The summed E-state index contributed by atoms with van der Waals surface area (Å²) in [5.74, 6) is 0.0614. The molecule has 2 saturated heterocycles. The Hall–Kier alpha value is -2.18. The zero-order valence-corrected chi connectivity index (χ0v) is 15.1. The van der Waals surface area contributed by atoms with Crippen LogP contribution < -0.4 is 0 Å². The number of piperazine rings is 1. The van der Waals surface area contributed by atoms with Crippen LogP contribution in [-0.2, 0) is 0 Å². The van der Waals surface area contributed by atoms with Gasteiger partial charge in [-0.15, -0.1) is 11.3 Å². The molecule has 25 heavy (non-hydrogen) atoms. The van der Waals surface area contributed by atoms with Gasteiger partial charge in [-0.05, 0) is 55.1 Å². The van der Waals surface area contributed by atoms with E-state index in [9.17, 15) is 4.79 Å². The third-order valence-electron chi connectivity index (χ3n) is 5.56. The molecule has 128 valence electrons. The number of hydrogen-bond acceptors (Lipinski definition) is 4. The first kappa shape index (κ1) is 15.1. The van der Waals surface area contributed by atoms with Crippen LogP contribution in [0.25, 0.3) is 21.3 Å². The molecule has 2 unspecified atom stereocenters. The highest BCUT2D eigenvalue weighted by atomic mass is 32.1. The molecular weight excluding hydrogens is 332 g/mol. The topological polar surface area (TPSA) is 52.2 Å². The Kier molecular flexibility index (Phi) is 3.27. The average Bonchev–Trinajstić information content (AvgIpc) is 3.35. The number of rotatable bonds is 2. The maximum Gasteiger partial charge on any atom is 0.275 e. The molecule has 1 amide bonds. The summed E-state index contributed by atoms with van der Waals surface area (Å²) in [4.78, 5) is 18.7. The molecule has 5 rings (SSSR count). The van der Waals surface area contributed by atoms with Crippen molar-refractivity contribution in [1.82, 2.24) is 20.0 Å². The van der Waals surface area contributed by atoms with Gasteiger partial charge in [0.05, 0.1) is 5.52 Å². The van der Waals surface area contributed by atoms with Gasteiger partial charge in [-0.3, -0.25) is 14.8 Å². The quantitative estimate of drug-likeness (QED) is 0.771. The van der Waals surface area contributed by atoms with Gasteiger partial charge in [0.2, 0.25) is 0 Å². The van der Waals surface area contributed by atoms with E-state index in [1.165, 1.54) is 10.4 Å². The van der Waals surface area contributed by atoms with E-state index >= 15 is 0 Å². The van der Waals surface area contributed by atoms with Crippen LogP contribution in [0.1, 0.15) is 22.5 Å². The van der Waals surface area contributed by atoms with Crippen LogP contribution >= 0.6 is 11.3 Å². The predicted molar refractivity (Wildman–Crippen MR) is 100 cm³/mol. The molecule has 6 heteroatoms. The van der Waals surface area contributed by atoms with Crippen LogP contribution in [0.15, 0.2) is 29.6 Å². The van der Waals surface area contributed by atoms with Gasteiger partial charge in [0, 0.05) is 35.4 Å². The number of likely N-dealkylation sites (tertiary alicyclic amines) is 2. The van der Waals surface area contributed by atoms with Crippen LogP contribution in [0.4, 0.5) is 0 Å². The van der Waals surface area contributed by atoms with Crippen molar-refractivity contribution < 1.29 is 4.79 Å². The number of benzene rings is 1. The van der Waals surface area contributed by atoms with Crippen molar-refractivity contribution in [3.63, 3.8) is 0 Å². The highest BCUT2D eigenvalue weighted by Crippen LogP contribution is 2.33. The molecule has 2 aromatic heterocycles. The fraction of sp³-hybridized carbons (Fsp3) is 0.368. The van der Waals surface area contributed by atoms with E-state index in [1.54, 1.807) is 11.3 Å². The lowest BCUT2D eigenvalue weighted by molar-refractivity contribution is 0.0646. The average molecular weight is 352 g/mol. The number of nitrogens with zero attached hydrogens (tertiary/aromatic N) is 3. The molecule has 2 aliphatic rings. The lowest BCUT2D eigenvalue weighted by atomic mass is 10.1. The monoisotopic (exact) mass is 352 g/mol. The molecule has 2 atom stereocenters. The zero-order chi connectivity index (χ0) is 17.1. The summed E-state index contributed by atoms with van der Waals surface area (Å²) in [7, 11) is 2.14. The second-order valence-electron chi connectivity index (χ2n) is 7.26. The minimum absolute atomic E-state index is 0.0614. The normalized spacial score (nSPS) is 23.0. The van der Waals surface area contributed by atoms with Crippen LogP contribution in [0.2, 0.25) is 0 Å². The minimum atomic E-state index is 0.0614. The molecule has 1 aromatic carbocycles. The first-order valence-electron chi connectivity index (χ1n) is 8.65. The van der Waals surface area contributed by atoms with E-state index in [4.69, 9.17) is 0 Å². The van der Waals surface area contributed by atoms with Gasteiger partial charge in [0.15, 0.2) is 5.69 Å². The minimum Gasteiger partial charge on any atom is -0.331 e. The molecule has 2 fully saturated rings. The Morgan fingerprint density at radius 2 is 2.16 bits per heavy atom. The first-order valence-corrected chi connectivity index (χ1v) is 9.53.